The van der Waals surface area contributed by atoms with Crippen molar-refractivity contribution >= 4 is 29.1 Å². The van der Waals surface area contributed by atoms with E-state index < -0.39 is 5.82 Å². The van der Waals surface area contributed by atoms with Crippen LogP contribution in [0.5, 0.6) is 0 Å². The number of aromatic nitrogens is 3. The first kappa shape index (κ1) is 25.5. The summed E-state index contributed by atoms with van der Waals surface area (Å²) in [5.74, 6) is 0.0718. The van der Waals surface area contributed by atoms with Crippen molar-refractivity contribution in [2.24, 2.45) is 7.05 Å². The van der Waals surface area contributed by atoms with Gasteiger partial charge in [-0.2, -0.15) is 0 Å². The van der Waals surface area contributed by atoms with Crippen LogP contribution < -0.4 is 9.80 Å². The van der Waals surface area contributed by atoms with Crippen molar-refractivity contribution in [2.75, 3.05) is 55.6 Å². The number of nitrogens with zero attached hydrogens (tertiary/aromatic N) is 7. The fourth-order valence-corrected chi connectivity index (χ4v) is 5.54. The molecule has 2 saturated heterocycles. The number of carbonyl (C=O) groups excluding carboxylic acids is 1. The monoisotopic (exact) mass is 525 g/mol. The van der Waals surface area contributed by atoms with Gasteiger partial charge in [-0.1, -0.05) is 23.7 Å². The van der Waals surface area contributed by atoms with Gasteiger partial charge in [0.2, 0.25) is 5.95 Å². The van der Waals surface area contributed by atoms with Crippen LogP contribution in [0.3, 0.4) is 0 Å². The van der Waals surface area contributed by atoms with Crippen LogP contribution in [0.1, 0.15) is 28.7 Å². The molecule has 2 aliphatic heterocycles. The van der Waals surface area contributed by atoms with Crippen molar-refractivity contribution in [3.8, 4) is 0 Å². The Bertz CT molecular complexity index is 1260. The number of benzene rings is 1. The summed E-state index contributed by atoms with van der Waals surface area (Å²) in [4.78, 5) is 30.5. The molecule has 2 aromatic heterocycles. The normalized spacial score (nSPS) is 18.9. The second-order valence-electron chi connectivity index (χ2n) is 9.91. The van der Waals surface area contributed by atoms with Gasteiger partial charge in [0.05, 0.1) is 23.1 Å². The second-order valence-corrected chi connectivity index (χ2v) is 10.3. The largest absolute Gasteiger partial charge is 0.368 e. The third kappa shape index (κ3) is 5.29. The molecule has 5 rings (SSSR count). The summed E-state index contributed by atoms with van der Waals surface area (Å²) in [6.45, 7) is 10.4. The molecule has 196 valence electrons. The van der Waals surface area contributed by atoms with E-state index in [0.29, 0.717) is 31.3 Å². The number of piperazine rings is 2. The molecule has 0 radical (unpaired) electrons. The highest BCUT2D eigenvalue weighted by Gasteiger charge is 2.31. The number of carbonyl (C=O) groups is 1. The summed E-state index contributed by atoms with van der Waals surface area (Å²) in [6.07, 6.45) is 2.35. The van der Waals surface area contributed by atoms with Gasteiger partial charge in [-0.05, 0) is 37.6 Å². The molecule has 1 unspecified atom stereocenters. The van der Waals surface area contributed by atoms with Crippen molar-refractivity contribution in [2.45, 2.75) is 26.4 Å². The van der Waals surface area contributed by atoms with Gasteiger partial charge in [0.25, 0.3) is 5.91 Å². The highest BCUT2D eigenvalue weighted by molar-refractivity contribution is 6.33. The first-order valence-corrected chi connectivity index (χ1v) is 13.1. The molecule has 4 heterocycles. The standard InChI is InChI=1S/C27H33ClFN7O/c1-19-17-35(27-30-15-22(29)16-31-27)12-13-36(19)26(37)25-14-21(20(2)32(25)3)18-33-8-10-34(11-9-33)24-7-5-4-6-23(24)28/h4-7,14-16,19H,8-13,17-18H2,1-3H3. The van der Waals surface area contributed by atoms with Crippen LogP contribution in [0.25, 0.3) is 0 Å². The number of para-hydroxylation sites is 1. The molecule has 0 aliphatic carbocycles. The lowest BCUT2D eigenvalue weighted by molar-refractivity contribution is 0.0663. The smallest absolute Gasteiger partial charge is 0.270 e. The van der Waals surface area contributed by atoms with Crippen LogP contribution in [0, 0.1) is 12.7 Å². The summed E-state index contributed by atoms with van der Waals surface area (Å²) in [6, 6.07) is 10.0. The Morgan fingerprint density at radius 1 is 1.05 bits per heavy atom. The zero-order chi connectivity index (χ0) is 26.1. The van der Waals surface area contributed by atoms with Gasteiger partial charge in [-0.15, -0.1) is 0 Å². The van der Waals surface area contributed by atoms with Gasteiger partial charge in [-0.3, -0.25) is 9.69 Å². The van der Waals surface area contributed by atoms with Gasteiger partial charge >= 0.3 is 0 Å². The van der Waals surface area contributed by atoms with E-state index in [-0.39, 0.29) is 11.9 Å². The molecule has 1 aromatic carbocycles. The SMILES string of the molecule is Cc1c(CN2CCN(c3ccccc3Cl)CC2)cc(C(=O)N2CCN(c3ncc(F)cn3)CC2C)n1C. The second kappa shape index (κ2) is 10.7. The predicted octanol–water partition coefficient (Wildman–Crippen LogP) is 3.59. The van der Waals surface area contributed by atoms with Crippen LogP contribution in [-0.2, 0) is 13.6 Å². The Hall–Kier alpha value is -3.17. The first-order valence-electron chi connectivity index (χ1n) is 12.7. The molecule has 3 aromatic rings. The van der Waals surface area contributed by atoms with Gasteiger partial charge in [0, 0.05) is 71.1 Å². The molecule has 0 saturated carbocycles. The molecule has 0 N–H and O–H groups in total. The fraction of sp³-hybridized carbons (Fsp3) is 0.444. The number of hydrogen-bond donors (Lipinski definition) is 0. The van der Waals surface area contributed by atoms with Crippen molar-refractivity contribution in [1.29, 1.82) is 0 Å². The van der Waals surface area contributed by atoms with Crippen molar-refractivity contribution in [1.82, 2.24) is 24.3 Å². The Morgan fingerprint density at radius 3 is 2.41 bits per heavy atom. The van der Waals surface area contributed by atoms with Crippen LogP contribution in [0.15, 0.2) is 42.7 Å². The van der Waals surface area contributed by atoms with E-state index in [1.807, 2.05) is 46.5 Å². The average Bonchev–Trinajstić information content (AvgIpc) is 3.18. The number of rotatable bonds is 5. The molecular formula is C27H33ClFN7O. The topological polar surface area (TPSA) is 60.7 Å². The summed E-state index contributed by atoms with van der Waals surface area (Å²) >= 11 is 6.40. The molecule has 37 heavy (non-hydrogen) atoms. The highest BCUT2D eigenvalue weighted by atomic mass is 35.5. The average molecular weight is 526 g/mol. The number of hydrogen-bond acceptors (Lipinski definition) is 6. The lowest BCUT2D eigenvalue weighted by Crippen LogP contribution is -2.54. The summed E-state index contributed by atoms with van der Waals surface area (Å²) in [7, 11) is 1.97. The van der Waals surface area contributed by atoms with E-state index in [2.05, 4.69) is 38.8 Å². The predicted molar refractivity (Wildman–Crippen MR) is 144 cm³/mol. The van der Waals surface area contributed by atoms with E-state index in [9.17, 15) is 9.18 Å². The quantitative estimate of drug-likeness (QED) is 0.507. The minimum absolute atomic E-state index is 0.0218. The number of halogens is 2. The number of anilines is 2. The molecule has 2 aliphatic rings. The summed E-state index contributed by atoms with van der Waals surface area (Å²) in [5.41, 5.74) is 4.10. The van der Waals surface area contributed by atoms with Crippen LogP contribution in [0.2, 0.25) is 5.02 Å². The third-order valence-electron chi connectivity index (χ3n) is 7.60. The molecule has 0 spiro atoms. The maximum absolute atomic E-state index is 13.6. The molecule has 1 amide bonds. The lowest BCUT2D eigenvalue weighted by Gasteiger charge is -2.39. The summed E-state index contributed by atoms with van der Waals surface area (Å²) in [5, 5.41) is 0.790. The Balaban J connectivity index is 1.22. The molecule has 10 heteroatoms. The Kier molecular flexibility index (Phi) is 7.35. The molecular weight excluding hydrogens is 493 g/mol. The van der Waals surface area contributed by atoms with E-state index in [4.69, 9.17) is 11.6 Å². The molecule has 0 bridgehead atoms. The summed E-state index contributed by atoms with van der Waals surface area (Å²) < 4.78 is 15.2. The van der Waals surface area contributed by atoms with Crippen LogP contribution >= 0.6 is 11.6 Å². The van der Waals surface area contributed by atoms with Gasteiger partial charge < -0.3 is 19.3 Å². The maximum Gasteiger partial charge on any atom is 0.270 e. The Labute approximate surface area is 222 Å². The van der Waals surface area contributed by atoms with E-state index in [0.717, 1.165) is 49.1 Å². The zero-order valence-corrected chi connectivity index (χ0v) is 22.3. The van der Waals surface area contributed by atoms with Crippen LogP contribution in [0.4, 0.5) is 16.0 Å². The number of amides is 1. The van der Waals surface area contributed by atoms with Crippen molar-refractivity contribution < 1.29 is 9.18 Å². The minimum atomic E-state index is -0.456. The zero-order valence-electron chi connectivity index (χ0n) is 21.6. The minimum Gasteiger partial charge on any atom is -0.368 e. The van der Waals surface area contributed by atoms with Gasteiger partial charge in [-0.25, -0.2) is 14.4 Å². The van der Waals surface area contributed by atoms with E-state index in [1.54, 1.807) is 0 Å². The first-order chi connectivity index (χ1) is 17.8. The third-order valence-corrected chi connectivity index (χ3v) is 7.92. The fourth-order valence-electron chi connectivity index (χ4n) is 5.28. The lowest BCUT2D eigenvalue weighted by atomic mass is 10.1. The molecule has 2 fully saturated rings. The molecule has 1 atom stereocenters. The van der Waals surface area contributed by atoms with Crippen molar-refractivity contribution in [3.05, 3.63) is 70.5 Å². The highest BCUT2D eigenvalue weighted by Crippen LogP contribution is 2.27. The van der Waals surface area contributed by atoms with E-state index >= 15 is 0 Å². The van der Waals surface area contributed by atoms with Gasteiger partial charge in [0.15, 0.2) is 5.82 Å². The van der Waals surface area contributed by atoms with Gasteiger partial charge in [0.1, 0.15) is 5.69 Å². The maximum atomic E-state index is 13.6. The Morgan fingerprint density at radius 2 is 1.73 bits per heavy atom. The van der Waals surface area contributed by atoms with E-state index in [1.165, 1.54) is 18.0 Å². The van der Waals surface area contributed by atoms with Crippen LogP contribution in [-0.4, -0.2) is 82.1 Å². The van der Waals surface area contributed by atoms with Crippen molar-refractivity contribution in [3.63, 3.8) is 0 Å². The molecule has 8 nitrogen and oxygen atoms in total.